The van der Waals surface area contributed by atoms with Gasteiger partial charge in [-0.15, -0.1) is 0 Å². The molecule has 7 heteroatoms. The highest BCUT2D eigenvalue weighted by atomic mass is 32.2. The van der Waals surface area contributed by atoms with Gasteiger partial charge in [-0.05, 0) is 25.1 Å². The number of ether oxygens (including phenoxy) is 1. The third-order valence-corrected chi connectivity index (χ3v) is 4.52. The maximum Gasteiger partial charge on any atom is 0.233 e. The molecule has 0 saturated heterocycles. The molecule has 0 fully saturated rings. The molecule has 0 aliphatic carbocycles. The van der Waals surface area contributed by atoms with E-state index in [1.54, 1.807) is 25.1 Å². The van der Waals surface area contributed by atoms with Crippen LogP contribution >= 0.6 is 0 Å². The average Bonchev–Trinajstić information content (AvgIpc) is 2.48. The third-order valence-electron chi connectivity index (χ3n) is 2.72. The molecule has 0 spiro atoms. The Kier molecular flexibility index (Phi) is 4.10. The number of nitrogen functional groups attached to an aromatic ring is 1. The molecule has 108 valence electrons. The number of hydrogen-bond donors (Lipinski definition) is 1. The van der Waals surface area contributed by atoms with E-state index in [0.29, 0.717) is 6.61 Å². The monoisotopic (exact) mass is 303 g/mol. The van der Waals surface area contributed by atoms with Crippen molar-refractivity contribution in [3.63, 3.8) is 0 Å². The number of nitrogens with two attached hydrogens (primary N) is 1. The molecule has 1 aromatic carbocycles. The first-order valence-corrected chi connectivity index (χ1v) is 7.62. The first-order chi connectivity index (χ1) is 10.0. The number of benzene rings is 1. The van der Waals surface area contributed by atoms with Gasteiger partial charge in [-0.3, -0.25) is 0 Å². The van der Waals surface area contributed by atoms with E-state index in [9.17, 15) is 8.42 Å². The Morgan fingerprint density at radius 2 is 2.00 bits per heavy atom. The minimum atomic E-state index is -3.83. The van der Waals surface area contributed by atoms with Crippen molar-refractivity contribution in [2.45, 2.75) is 16.7 Å². The number of pyridine rings is 1. The Morgan fingerprint density at radius 1 is 1.33 bits per heavy atom. The van der Waals surface area contributed by atoms with Gasteiger partial charge in [0.1, 0.15) is 22.3 Å². The smallest absolute Gasteiger partial charge is 0.233 e. The second-order valence-electron chi connectivity index (χ2n) is 4.09. The average molecular weight is 303 g/mol. The minimum absolute atomic E-state index is 0.0283. The Morgan fingerprint density at radius 3 is 2.57 bits per heavy atom. The van der Waals surface area contributed by atoms with E-state index in [4.69, 9.17) is 15.7 Å². The highest BCUT2D eigenvalue weighted by Crippen LogP contribution is 2.29. The van der Waals surface area contributed by atoms with Crippen molar-refractivity contribution in [3.05, 3.63) is 42.0 Å². The van der Waals surface area contributed by atoms with Crippen molar-refractivity contribution < 1.29 is 13.2 Å². The molecule has 0 atom stereocenters. The van der Waals surface area contributed by atoms with Gasteiger partial charge in [-0.25, -0.2) is 8.42 Å². The van der Waals surface area contributed by atoms with Crippen molar-refractivity contribution in [1.82, 2.24) is 4.98 Å². The summed E-state index contributed by atoms with van der Waals surface area (Å²) in [5.74, 6) is -0.161. The molecule has 2 N–H and O–H groups in total. The van der Waals surface area contributed by atoms with E-state index < -0.39 is 9.84 Å². The van der Waals surface area contributed by atoms with E-state index in [1.807, 2.05) is 6.07 Å². The Hall–Kier alpha value is -2.59. The van der Waals surface area contributed by atoms with Gasteiger partial charge >= 0.3 is 0 Å². The second kappa shape index (κ2) is 5.81. The highest BCUT2D eigenvalue weighted by Gasteiger charge is 2.23. The normalized spacial score (nSPS) is 10.9. The second-order valence-corrected chi connectivity index (χ2v) is 6.00. The van der Waals surface area contributed by atoms with Crippen molar-refractivity contribution >= 4 is 15.7 Å². The summed E-state index contributed by atoms with van der Waals surface area (Å²) in [4.78, 5) is 3.77. The van der Waals surface area contributed by atoms with E-state index >= 15 is 0 Å². The predicted octanol–water partition coefficient (Wildman–Crippen LogP) is 1.77. The van der Waals surface area contributed by atoms with Crippen LogP contribution in [-0.4, -0.2) is 20.0 Å². The molecule has 0 amide bonds. The maximum atomic E-state index is 12.5. The minimum Gasteiger partial charge on any atom is -0.477 e. The SMILES string of the molecule is CCOc1nc(N)c(S(=O)(=O)c2ccccc2)cc1C#N. The lowest BCUT2D eigenvalue weighted by atomic mass is 10.3. The lowest BCUT2D eigenvalue weighted by Crippen LogP contribution is -2.09. The van der Waals surface area contributed by atoms with Crippen LogP contribution in [0.2, 0.25) is 0 Å². The van der Waals surface area contributed by atoms with Gasteiger partial charge in [0.15, 0.2) is 0 Å². The van der Waals surface area contributed by atoms with E-state index in [-0.39, 0.29) is 27.1 Å². The third kappa shape index (κ3) is 2.80. The molecule has 0 bridgehead atoms. The molecule has 0 saturated carbocycles. The molecular weight excluding hydrogens is 290 g/mol. The van der Waals surface area contributed by atoms with Crippen molar-refractivity contribution in [2.24, 2.45) is 0 Å². The molecule has 6 nitrogen and oxygen atoms in total. The number of aromatic nitrogens is 1. The molecule has 2 rings (SSSR count). The molecule has 0 radical (unpaired) electrons. The summed E-state index contributed by atoms with van der Waals surface area (Å²) in [6.45, 7) is 2.03. The zero-order valence-electron chi connectivity index (χ0n) is 11.3. The Labute approximate surface area is 122 Å². The van der Waals surface area contributed by atoms with E-state index in [0.717, 1.165) is 0 Å². The molecule has 0 aliphatic heterocycles. The first kappa shape index (κ1) is 14.8. The summed E-state index contributed by atoms with van der Waals surface area (Å²) in [6, 6.07) is 10.9. The summed E-state index contributed by atoms with van der Waals surface area (Å²) >= 11 is 0. The van der Waals surface area contributed by atoms with Crippen LogP contribution in [0.5, 0.6) is 5.88 Å². The van der Waals surface area contributed by atoms with Gasteiger partial charge in [-0.1, -0.05) is 18.2 Å². The van der Waals surface area contributed by atoms with Gasteiger partial charge in [0.2, 0.25) is 15.7 Å². The topological polar surface area (TPSA) is 106 Å². The van der Waals surface area contributed by atoms with Crippen LogP contribution in [0.25, 0.3) is 0 Å². The van der Waals surface area contributed by atoms with Crippen molar-refractivity contribution in [2.75, 3.05) is 12.3 Å². The lowest BCUT2D eigenvalue weighted by molar-refractivity contribution is 0.326. The summed E-state index contributed by atoms with van der Waals surface area (Å²) in [6.07, 6.45) is 0. The van der Waals surface area contributed by atoms with Crippen LogP contribution in [0.3, 0.4) is 0 Å². The van der Waals surface area contributed by atoms with Gasteiger partial charge in [0.25, 0.3) is 0 Å². The zero-order chi connectivity index (χ0) is 15.5. The first-order valence-electron chi connectivity index (χ1n) is 6.14. The number of anilines is 1. The Bertz CT molecular complexity index is 796. The van der Waals surface area contributed by atoms with Crippen LogP contribution in [0, 0.1) is 11.3 Å². The van der Waals surface area contributed by atoms with E-state index in [1.165, 1.54) is 18.2 Å². The fraction of sp³-hybridized carbons (Fsp3) is 0.143. The van der Waals surface area contributed by atoms with Crippen molar-refractivity contribution in [3.8, 4) is 11.9 Å². The van der Waals surface area contributed by atoms with Gasteiger partial charge in [-0.2, -0.15) is 10.2 Å². The Balaban J connectivity index is 2.63. The quantitative estimate of drug-likeness (QED) is 0.922. The predicted molar refractivity (Wildman–Crippen MR) is 76.4 cm³/mol. The van der Waals surface area contributed by atoms with E-state index in [2.05, 4.69) is 4.98 Å². The van der Waals surface area contributed by atoms with Crippen LogP contribution < -0.4 is 10.5 Å². The largest absolute Gasteiger partial charge is 0.477 e. The van der Waals surface area contributed by atoms with Gasteiger partial charge in [0, 0.05) is 0 Å². The summed E-state index contributed by atoms with van der Waals surface area (Å²) < 4.78 is 30.2. The summed E-state index contributed by atoms with van der Waals surface area (Å²) in [5, 5.41) is 9.09. The standard InChI is InChI=1S/C14H13N3O3S/c1-2-20-14-10(9-15)8-12(13(16)17-14)21(18,19)11-6-4-3-5-7-11/h3-8H,2H2,1H3,(H2,16,17). The maximum absolute atomic E-state index is 12.5. The number of hydrogen-bond acceptors (Lipinski definition) is 6. The molecular formula is C14H13N3O3S. The fourth-order valence-electron chi connectivity index (χ4n) is 1.76. The highest BCUT2D eigenvalue weighted by molar-refractivity contribution is 7.91. The fourth-order valence-corrected chi connectivity index (χ4v) is 3.12. The molecule has 1 heterocycles. The number of nitriles is 1. The van der Waals surface area contributed by atoms with Crippen LogP contribution in [0.1, 0.15) is 12.5 Å². The summed E-state index contributed by atoms with van der Waals surface area (Å²) in [7, 11) is -3.83. The van der Waals surface area contributed by atoms with Gasteiger partial charge in [0.05, 0.1) is 11.5 Å². The van der Waals surface area contributed by atoms with Gasteiger partial charge < -0.3 is 10.5 Å². The lowest BCUT2D eigenvalue weighted by Gasteiger charge is -2.10. The van der Waals surface area contributed by atoms with Crippen LogP contribution in [-0.2, 0) is 9.84 Å². The number of nitrogens with zero attached hydrogens (tertiary/aromatic N) is 2. The van der Waals surface area contributed by atoms with Crippen LogP contribution in [0.4, 0.5) is 5.82 Å². The van der Waals surface area contributed by atoms with Crippen molar-refractivity contribution in [1.29, 1.82) is 5.26 Å². The number of sulfone groups is 1. The molecule has 0 unspecified atom stereocenters. The molecule has 0 aliphatic rings. The number of rotatable bonds is 4. The van der Waals surface area contributed by atoms with Crippen LogP contribution in [0.15, 0.2) is 46.2 Å². The molecule has 1 aromatic heterocycles. The molecule has 21 heavy (non-hydrogen) atoms. The molecule has 2 aromatic rings. The summed E-state index contributed by atoms with van der Waals surface area (Å²) in [5.41, 5.74) is 5.75. The zero-order valence-corrected chi connectivity index (χ0v) is 12.1.